The highest BCUT2D eigenvalue weighted by Gasteiger charge is 2.35. The van der Waals surface area contributed by atoms with E-state index in [1.165, 1.54) is 0 Å². The minimum absolute atomic E-state index is 0.259. The Labute approximate surface area is 80.3 Å². The van der Waals surface area contributed by atoms with E-state index in [4.69, 9.17) is 0 Å². The maximum absolute atomic E-state index is 12.5. The van der Waals surface area contributed by atoms with Gasteiger partial charge in [-0.25, -0.2) is 4.39 Å². The van der Waals surface area contributed by atoms with Crippen LogP contribution in [0.15, 0.2) is 18.2 Å². The molecule has 0 aliphatic rings. The molecule has 0 aliphatic carbocycles. The summed E-state index contributed by atoms with van der Waals surface area (Å²) in [4.78, 5) is 0. The van der Waals surface area contributed by atoms with E-state index in [9.17, 15) is 26.3 Å². The Bertz CT molecular complexity index is 345. The van der Waals surface area contributed by atoms with Gasteiger partial charge in [0.05, 0.1) is 5.56 Å². The molecular weight excluding hydrogens is 226 g/mol. The molecule has 0 aliphatic heterocycles. The fourth-order valence-electron chi connectivity index (χ4n) is 0.924. The summed E-state index contributed by atoms with van der Waals surface area (Å²) in [5.41, 5.74) is -1.44. The van der Waals surface area contributed by atoms with Crippen LogP contribution in [-0.2, 0) is 6.18 Å². The zero-order valence-corrected chi connectivity index (χ0v) is 6.99. The summed E-state index contributed by atoms with van der Waals surface area (Å²) < 4.78 is 76.0. The van der Waals surface area contributed by atoms with Gasteiger partial charge < -0.3 is 4.74 Å². The number of ether oxygens (including phenoxy) is 1. The van der Waals surface area contributed by atoms with Crippen molar-refractivity contribution < 1.29 is 31.1 Å². The molecular formula is C8H4F6O. The lowest BCUT2D eigenvalue weighted by atomic mass is 10.2. The number of alkyl halides is 5. The molecule has 1 rings (SSSR count). The summed E-state index contributed by atoms with van der Waals surface area (Å²) in [5.74, 6) is -2.31. The van der Waals surface area contributed by atoms with Crippen molar-refractivity contribution in [2.75, 3.05) is 0 Å². The second-order valence-corrected chi connectivity index (χ2v) is 2.52. The Morgan fingerprint density at radius 3 is 2.20 bits per heavy atom. The lowest BCUT2D eigenvalue weighted by molar-refractivity contribution is -0.141. The molecule has 0 amide bonds. The Balaban J connectivity index is 3.15. The number of halogens is 6. The summed E-state index contributed by atoms with van der Waals surface area (Å²) in [5, 5.41) is 0. The number of hydrogen-bond acceptors (Lipinski definition) is 1. The zero-order chi connectivity index (χ0) is 11.6. The van der Waals surface area contributed by atoms with E-state index in [-0.39, 0.29) is 6.07 Å². The minimum Gasteiger partial charge on any atom is -0.434 e. The molecule has 15 heavy (non-hydrogen) atoms. The maximum Gasteiger partial charge on any atom is 0.419 e. The van der Waals surface area contributed by atoms with Crippen molar-refractivity contribution in [1.82, 2.24) is 0 Å². The molecule has 0 radical (unpaired) electrons. The molecule has 84 valence electrons. The molecule has 0 N–H and O–H groups in total. The van der Waals surface area contributed by atoms with E-state index >= 15 is 0 Å². The van der Waals surface area contributed by atoms with Gasteiger partial charge in [-0.05, 0) is 12.1 Å². The Morgan fingerprint density at radius 1 is 1.13 bits per heavy atom. The zero-order valence-electron chi connectivity index (χ0n) is 6.99. The van der Waals surface area contributed by atoms with Gasteiger partial charge in [0.2, 0.25) is 0 Å². The second-order valence-electron chi connectivity index (χ2n) is 2.52. The fourth-order valence-corrected chi connectivity index (χ4v) is 0.924. The third-order valence-corrected chi connectivity index (χ3v) is 1.47. The van der Waals surface area contributed by atoms with Crippen LogP contribution in [0.2, 0.25) is 0 Å². The molecule has 1 aromatic carbocycles. The van der Waals surface area contributed by atoms with Crippen LogP contribution in [0, 0.1) is 5.82 Å². The highest BCUT2D eigenvalue weighted by Crippen LogP contribution is 2.37. The van der Waals surface area contributed by atoms with Crippen molar-refractivity contribution in [1.29, 1.82) is 0 Å². The first-order valence-corrected chi connectivity index (χ1v) is 3.62. The standard InChI is InChI=1S/C8H4F6O/c9-4-1-2-5(8(12,13)14)6(3-4)15-7(10)11/h1-3,7H. The molecule has 0 heterocycles. The van der Waals surface area contributed by atoms with E-state index in [0.717, 1.165) is 0 Å². The molecule has 0 bridgehead atoms. The number of benzene rings is 1. The molecule has 7 heteroatoms. The van der Waals surface area contributed by atoms with Crippen molar-refractivity contribution in [3.63, 3.8) is 0 Å². The summed E-state index contributed by atoms with van der Waals surface area (Å²) in [6, 6.07) is 1.11. The van der Waals surface area contributed by atoms with Gasteiger partial charge in [0, 0.05) is 6.07 Å². The van der Waals surface area contributed by atoms with Gasteiger partial charge in [-0.3, -0.25) is 0 Å². The SMILES string of the molecule is Fc1ccc(C(F)(F)F)c(OC(F)F)c1. The maximum atomic E-state index is 12.5. The molecule has 0 saturated carbocycles. The van der Waals surface area contributed by atoms with Gasteiger partial charge in [0.1, 0.15) is 11.6 Å². The smallest absolute Gasteiger partial charge is 0.419 e. The Hall–Kier alpha value is -1.40. The normalized spacial score (nSPS) is 11.9. The molecule has 0 spiro atoms. The molecule has 0 fully saturated rings. The minimum atomic E-state index is -4.86. The molecule has 0 unspecified atom stereocenters. The van der Waals surface area contributed by atoms with Gasteiger partial charge >= 0.3 is 12.8 Å². The molecule has 1 nitrogen and oxygen atoms in total. The van der Waals surface area contributed by atoms with Crippen LogP contribution in [0.5, 0.6) is 5.75 Å². The van der Waals surface area contributed by atoms with Crippen molar-refractivity contribution in [3.8, 4) is 5.75 Å². The van der Waals surface area contributed by atoms with Gasteiger partial charge in [0.15, 0.2) is 0 Å². The number of hydrogen-bond donors (Lipinski definition) is 0. The Morgan fingerprint density at radius 2 is 1.73 bits per heavy atom. The van der Waals surface area contributed by atoms with Crippen LogP contribution < -0.4 is 4.74 Å². The first kappa shape index (κ1) is 11.7. The highest BCUT2D eigenvalue weighted by molar-refractivity contribution is 5.36. The average Bonchev–Trinajstić information content (AvgIpc) is 1.99. The number of rotatable bonds is 2. The Kier molecular flexibility index (Phi) is 3.11. The van der Waals surface area contributed by atoms with Crippen LogP contribution in [0.1, 0.15) is 5.56 Å². The van der Waals surface area contributed by atoms with Crippen LogP contribution in [0.3, 0.4) is 0 Å². The lowest BCUT2D eigenvalue weighted by Crippen LogP contribution is -2.11. The predicted octanol–water partition coefficient (Wildman–Crippen LogP) is 3.45. The average molecular weight is 230 g/mol. The largest absolute Gasteiger partial charge is 0.434 e. The second kappa shape index (κ2) is 4.00. The lowest BCUT2D eigenvalue weighted by Gasteiger charge is -2.12. The molecule has 0 atom stereocenters. The van der Waals surface area contributed by atoms with E-state index < -0.39 is 29.9 Å². The highest BCUT2D eigenvalue weighted by atomic mass is 19.4. The van der Waals surface area contributed by atoms with E-state index in [0.29, 0.717) is 12.1 Å². The molecule has 0 saturated heterocycles. The molecule has 0 aromatic heterocycles. The van der Waals surface area contributed by atoms with Crippen molar-refractivity contribution in [3.05, 3.63) is 29.6 Å². The van der Waals surface area contributed by atoms with Crippen LogP contribution in [0.25, 0.3) is 0 Å². The van der Waals surface area contributed by atoms with Crippen molar-refractivity contribution in [2.24, 2.45) is 0 Å². The quantitative estimate of drug-likeness (QED) is 0.707. The van der Waals surface area contributed by atoms with Gasteiger partial charge in [-0.2, -0.15) is 22.0 Å². The van der Waals surface area contributed by atoms with Crippen LogP contribution in [-0.4, -0.2) is 6.61 Å². The summed E-state index contributed by atoms with van der Waals surface area (Å²) >= 11 is 0. The first-order chi connectivity index (χ1) is 6.80. The van der Waals surface area contributed by atoms with Crippen molar-refractivity contribution in [2.45, 2.75) is 12.8 Å². The summed E-state index contributed by atoms with van der Waals surface area (Å²) in [6.07, 6.45) is -4.86. The first-order valence-electron chi connectivity index (χ1n) is 3.62. The van der Waals surface area contributed by atoms with E-state index in [2.05, 4.69) is 4.74 Å². The van der Waals surface area contributed by atoms with Crippen molar-refractivity contribution >= 4 is 0 Å². The fraction of sp³-hybridized carbons (Fsp3) is 0.250. The topological polar surface area (TPSA) is 9.23 Å². The monoisotopic (exact) mass is 230 g/mol. The van der Waals surface area contributed by atoms with Gasteiger partial charge in [0.25, 0.3) is 0 Å². The summed E-state index contributed by atoms with van der Waals surface area (Å²) in [7, 11) is 0. The van der Waals surface area contributed by atoms with Gasteiger partial charge in [-0.15, -0.1) is 0 Å². The van der Waals surface area contributed by atoms with Crippen LogP contribution in [0.4, 0.5) is 26.3 Å². The summed E-state index contributed by atoms with van der Waals surface area (Å²) in [6.45, 7) is -3.44. The van der Waals surface area contributed by atoms with Crippen LogP contribution >= 0.6 is 0 Å². The third-order valence-electron chi connectivity index (χ3n) is 1.47. The van der Waals surface area contributed by atoms with E-state index in [1.807, 2.05) is 0 Å². The van der Waals surface area contributed by atoms with E-state index in [1.54, 1.807) is 0 Å². The molecule has 1 aromatic rings. The van der Waals surface area contributed by atoms with Gasteiger partial charge in [-0.1, -0.05) is 0 Å². The predicted molar refractivity (Wildman–Crippen MR) is 38.0 cm³/mol. The third kappa shape index (κ3) is 3.03.